The molecule has 0 aliphatic carbocycles. The van der Waals surface area contributed by atoms with Crippen LogP contribution in [0.2, 0.25) is 0 Å². The van der Waals surface area contributed by atoms with Crippen LogP contribution in [-0.2, 0) is 0 Å². The number of fused-ring (bicyclic) bond motifs is 6. The van der Waals surface area contributed by atoms with E-state index in [4.69, 9.17) is 4.74 Å². The van der Waals surface area contributed by atoms with Crippen LogP contribution in [0.4, 0.5) is 17.1 Å². The Hall–Kier alpha value is -5.22. The summed E-state index contributed by atoms with van der Waals surface area (Å²) in [4.78, 5) is 11.2. The molecule has 8 rings (SSSR count). The Kier molecular flexibility index (Phi) is 4.49. The number of anilines is 3. The van der Waals surface area contributed by atoms with Crippen molar-refractivity contribution in [2.45, 2.75) is 0 Å². The second-order valence-corrected chi connectivity index (χ2v) is 9.48. The number of benzene rings is 6. The van der Waals surface area contributed by atoms with Gasteiger partial charge in [-0.05, 0) is 63.7 Å². The summed E-state index contributed by atoms with van der Waals surface area (Å²) in [5, 5.41) is 5.77. The summed E-state index contributed by atoms with van der Waals surface area (Å²) in [6.45, 7) is 0. The Balaban J connectivity index is 1.43. The second kappa shape index (κ2) is 8.15. The van der Waals surface area contributed by atoms with Crippen molar-refractivity contribution in [2.75, 3.05) is 4.90 Å². The molecule has 1 aromatic heterocycles. The van der Waals surface area contributed by atoms with Gasteiger partial charge in [0.2, 0.25) is 0 Å². The molecule has 0 atom stereocenters. The van der Waals surface area contributed by atoms with Crippen LogP contribution in [0.15, 0.2) is 128 Å². The maximum absolute atomic E-state index is 6.27. The van der Waals surface area contributed by atoms with Gasteiger partial charge in [-0.3, -0.25) is 0 Å². The van der Waals surface area contributed by atoms with Crippen molar-refractivity contribution >= 4 is 49.5 Å². The van der Waals surface area contributed by atoms with Gasteiger partial charge < -0.3 is 9.64 Å². The molecule has 7 aromatic rings. The van der Waals surface area contributed by atoms with E-state index in [9.17, 15) is 0 Å². The first-order chi connectivity index (χ1) is 18.9. The zero-order valence-electron chi connectivity index (χ0n) is 20.4. The molecule has 0 radical (unpaired) electrons. The summed E-state index contributed by atoms with van der Waals surface area (Å²) in [5.41, 5.74) is 6.44. The van der Waals surface area contributed by atoms with Crippen LogP contribution in [0, 0.1) is 0 Å². The molecule has 38 heavy (non-hydrogen) atoms. The van der Waals surface area contributed by atoms with Crippen LogP contribution in [0.25, 0.3) is 43.6 Å². The van der Waals surface area contributed by atoms with Crippen molar-refractivity contribution in [3.8, 4) is 22.6 Å². The Labute approximate surface area is 219 Å². The lowest BCUT2D eigenvalue weighted by Gasteiger charge is -2.33. The molecule has 0 spiro atoms. The second-order valence-electron chi connectivity index (χ2n) is 9.48. The van der Waals surface area contributed by atoms with Crippen LogP contribution in [0.3, 0.4) is 0 Å². The molecule has 4 nitrogen and oxygen atoms in total. The highest BCUT2D eigenvalue weighted by molar-refractivity contribution is 6.16. The van der Waals surface area contributed by atoms with E-state index in [0.717, 1.165) is 50.4 Å². The van der Waals surface area contributed by atoms with Crippen molar-refractivity contribution in [1.29, 1.82) is 0 Å². The van der Waals surface area contributed by atoms with Crippen LogP contribution >= 0.6 is 0 Å². The van der Waals surface area contributed by atoms with Crippen molar-refractivity contribution in [2.24, 2.45) is 0 Å². The van der Waals surface area contributed by atoms with Crippen LogP contribution in [-0.4, -0.2) is 9.97 Å². The molecule has 6 aromatic carbocycles. The van der Waals surface area contributed by atoms with Crippen molar-refractivity contribution < 1.29 is 4.74 Å². The minimum Gasteiger partial charge on any atom is -0.453 e. The molecule has 2 heterocycles. The van der Waals surface area contributed by atoms with Gasteiger partial charge in [0.25, 0.3) is 0 Å². The highest BCUT2D eigenvalue weighted by atomic mass is 16.5. The first-order valence-electron chi connectivity index (χ1n) is 12.7. The Morgan fingerprint density at radius 1 is 0.500 bits per heavy atom. The normalized spacial score (nSPS) is 12.4. The molecule has 0 unspecified atom stereocenters. The third-order valence-electron chi connectivity index (χ3n) is 7.40. The SMILES string of the molecule is c1ccc2c(c1)Oc1ccccc1N2c1ccc(-c2cc3ncncc3c3ccccc23)c2ccccc12. The molecule has 1 aliphatic heterocycles. The van der Waals surface area contributed by atoms with E-state index in [1.165, 1.54) is 21.7 Å². The number of nitrogens with zero attached hydrogens (tertiary/aromatic N) is 3. The molecule has 0 bridgehead atoms. The lowest BCUT2D eigenvalue weighted by atomic mass is 9.91. The maximum atomic E-state index is 6.27. The van der Waals surface area contributed by atoms with Gasteiger partial charge >= 0.3 is 0 Å². The Morgan fingerprint density at radius 2 is 1.11 bits per heavy atom. The molecule has 1 aliphatic rings. The minimum absolute atomic E-state index is 0.847. The molecule has 178 valence electrons. The monoisotopic (exact) mass is 487 g/mol. The predicted molar refractivity (Wildman–Crippen MR) is 155 cm³/mol. The molecule has 0 saturated heterocycles. The molecular weight excluding hydrogens is 466 g/mol. The maximum Gasteiger partial charge on any atom is 0.151 e. The molecule has 0 N–H and O–H groups in total. The van der Waals surface area contributed by atoms with Crippen LogP contribution in [0.5, 0.6) is 11.5 Å². The number of ether oxygens (including phenoxy) is 1. The Bertz CT molecular complexity index is 1990. The average molecular weight is 488 g/mol. The molecule has 4 heteroatoms. The standard InChI is InChI=1S/C34H21N3O/c1-2-11-24-23(10-1)27(19-29-28(24)20-35-21-36-29)25-17-18-30(26-12-4-3-9-22(25)26)37-31-13-5-7-15-33(31)38-34-16-8-6-14-32(34)37/h1-21H. The summed E-state index contributed by atoms with van der Waals surface area (Å²) < 4.78 is 6.27. The average Bonchev–Trinajstić information content (AvgIpc) is 2.99. The predicted octanol–water partition coefficient (Wildman–Crippen LogP) is 9.18. The van der Waals surface area contributed by atoms with E-state index in [1.54, 1.807) is 6.33 Å². The first-order valence-corrected chi connectivity index (χ1v) is 12.7. The largest absolute Gasteiger partial charge is 0.453 e. The minimum atomic E-state index is 0.847. The zero-order valence-corrected chi connectivity index (χ0v) is 20.4. The Morgan fingerprint density at radius 3 is 1.84 bits per heavy atom. The van der Waals surface area contributed by atoms with Crippen molar-refractivity contribution in [3.05, 3.63) is 128 Å². The van der Waals surface area contributed by atoms with E-state index in [0.29, 0.717) is 0 Å². The lowest BCUT2D eigenvalue weighted by molar-refractivity contribution is 0.477. The third-order valence-corrected chi connectivity index (χ3v) is 7.40. The van der Waals surface area contributed by atoms with E-state index < -0.39 is 0 Å². The van der Waals surface area contributed by atoms with Gasteiger partial charge in [-0.1, -0.05) is 78.9 Å². The van der Waals surface area contributed by atoms with Gasteiger partial charge in [0.15, 0.2) is 11.5 Å². The van der Waals surface area contributed by atoms with E-state index in [-0.39, 0.29) is 0 Å². The summed E-state index contributed by atoms with van der Waals surface area (Å²) in [5.74, 6) is 1.69. The van der Waals surface area contributed by atoms with E-state index in [1.807, 2.05) is 30.5 Å². The van der Waals surface area contributed by atoms with E-state index in [2.05, 4.69) is 106 Å². The number of rotatable bonds is 2. The van der Waals surface area contributed by atoms with Crippen molar-refractivity contribution in [3.63, 3.8) is 0 Å². The molecule has 0 fully saturated rings. The highest BCUT2D eigenvalue weighted by Gasteiger charge is 2.27. The fourth-order valence-electron chi connectivity index (χ4n) is 5.73. The van der Waals surface area contributed by atoms with Crippen molar-refractivity contribution in [1.82, 2.24) is 9.97 Å². The van der Waals surface area contributed by atoms with Gasteiger partial charge in [-0.25, -0.2) is 9.97 Å². The van der Waals surface area contributed by atoms with Gasteiger partial charge in [-0.15, -0.1) is 0 Å². The fourth-order valence-corrected chi connectivity index (χ4v) is 5.73. The van der Waals surface area contributed by atoms with Gasteiger partial charge in [-0.2, -0.15) is 0 Å². The summed E-state index contributed by atoms with van der Waals surface area (Å²) >= 11 is 0. The highest BCUT2D eigenvalue weighted by Crippen LogP contribution is 2.52. The summed E-state index contributed by atoms with van der Waals surface area (Å²) in [6.07, 6.45) is 3.53. The number of para-hydroxylation sites is 4. The number of hydrogen-bond acceptors (Lipinski definition) is 4. The van der Waals surface area contributed by atoms with Gasteiger partial charge in [0.05, 0.1) is 22.6 Å². The summed E-state index contributed by atoms with van der Waals surface area (Å²) in [7, 11) is 0. The van der Waals surface area contributed by atoms with Crippen LogP contribution in [0.1, 0.15) is 0 Å². The van der Waals surface area contributed by atoms with E-state index >= 15 is 0 Å². The zero-order chi connectivity index (χ0) is 25.1. The quantitative estimate of drug-likeness (QED) is 0.228. The molecule has 0 saturated carbocycles. The number of hydrogen-bond donors (Lipinski definition) is 0. The van der Waals surface area contributed by atoms with Gasteiger partial charge in [0.1, 0.15) is 6.33 Å². The molecular formula is C34H21N3O. The fraction of sp³-hybridized carbons (Fsp3) is 0. The topological polar surface area (TPSA) is 38.2 Å². The van der Waals surface area contributed by atoms with Crippen LogP contribution < -0.4 is 9.64 Å². The van der Waals surface area contributed by atoms with Gasteiger partial charge in [0, 0.05) is 17.0 Å². The first kappa shape index (κ1) is 20.9. The lowest BCUT2D eigenvalue weighted by Crippen LogP contribution is -2.16. The third kappa shape index (κ3) is 3.04. The number of aromatic nitrogens is 2. The smallest absolute Gasteiger partial charge is 0.151 e. The molecule has 0 amide bonds. The summed E-state index contributed by atoms with van der Waals surface area (Å²) in [6, 6.07) is 40.3.